The Bertz CT molecular complexity index is 640. The van der Waals surface area contributed by atoms with E-state index in [1.54, 1.807) is 4.90 Å². The van der Waals surface area contributed by atoms with Crippen molar-refractivity contribution in [1.82, 2.24) is 9.88 Å². The fraction of sp³-hybridized carbons (Fsp3) is 0.375. The average molecular weight is 354 g/mol. The highest BCUT2D eigenvalue weighted by molar-refractivity contribution is 7.13. The molecular formula is C16H20ClN3O2S. The van der Waals surface area contributed by atoms with Crippen molar-refractivity contribution in [1.29, 1.82) is 0 Å². The predicted octanol–water partition coefficient (Wildman–Crippen LogP) is 1.69. The number of piperidine rings is 1. The Morgan fingerprint density at radius 3 is 2.78 bits per heavy atom. The third kappa shape index (κ3) is 4.51. The van der Waals surface area contributed by atoms with Gasteiger partial charge in [0.25, 0.3) is 0 Å². The van der Waals surface area contributed by atoms with Crippen LogP contribution in [0.15, 0.2) is 35.7 Å². The van der Waals surface area contributed by atoms with E-state index in [1.807, 2.05) is 35.7 Å². The molecule has 0 aliphatic carbocycles. The van der Waals surface area contributed by atoms with Crippen molar-refractivity contribution in [3.63, 3.8) is 0 Å². The predicted molar refractivity (Wildman–Crippen MR) is 93.7 cm³/mol. The second kappa shape index (κ2) is 7.88. The zero-order valence-electron chi connectivity index (χ0n) is 12.6. The Balaban J connectivity index is 0.00000192. The Hall–Kier alpha value is -1.47. The molecule has 1 aliphatic heterocycles. The highest BCUT2D eigenvalue weighted by atomic mass is 35.5. The van der Waals surface area contributed by atoms with Gasteiger partial charge < -0.3 is 15.7 Å². The molecule has 3 rings (SSSR count). The number of carbonyl (C=O) groups excluding carboxylic acids is 1. The largest absolute Gasteiger partial charge is 0.391 e. The van der Waals surface area contributed by atoms with Gasteiger partial charge in [-0.1, -0.05) is 30.3 Å². The molecule has 1 fully saturated rings. The van der Waals surface area contributed by atoms with Crippen LogP contribution in [0.3, 0.4) is 0 Å². The lowest BCUT2D eigenvalue weighted by atomic mass is 10.0. The molecule has 1 amide bonds. The summed E-state index contributed by atoms with van der Waals surface area (Å²) in [6.07, 6.45) is 0.282. The lowest BCUT2D eigenvalue weighted by Crippen LogP contribution is -2.51. The molecule has 0 saturated carbocycles. The van der Waals surface area contributed by atoms with Gasteiger partial charge in [-0.25, -0.2) is 4.98 Å². The number of halogens is 1. The SMILES string of the molecule is Cl.N[C@H]1C[C@@H](O)CN(C(=O)Cc2csc(-c3ccccc3)n2)C1. The van der Waals surface area contributed by atoms with E-state index in [9.17, 15) is 9.90 Å². The van der Waals surface area contributed by atoms with Gasteiger partial charge >= 0.3 is 0 Å². The number of carbonyl (C=O) groups is 1. The van der Waals surface area contributed by atoms with Crippen LogP contribution >= 0.6 is 23.7 Å². The second-order valence-corrected chi connectivity index (χ2v) is 6.49. The van der Waals surface area contributed by atoms with Gasteiger partial charge in [0.15, 0.2) is 0 Å². The van der Waals surface area contributed by atoms with Gasteiger partial charge in [0.2, 0.25) is 5.91 Å². The molecule has 3 N–H and O–H groups in total. The summed E-state index contributed by atoms with van der Waals surface area (Å²) in [5.41, 5.74) is 7.68. The summed E-state index contributed by atoms with van der Waals surface area (Å²) in [5.74, 6) is -0.0286. The number of aromatic nitrogens is 1. The number of benzene rings is 1. The molecule has 7 heteroatoms. The topological polar surface area (TPSA) is 79.5 Å². The molecule has 0 unspecified atom stereocenters. The molecule has 124 valence electrons. The maximum absolute atomic E-state index is 12.3. The molecule has 1 aromatic heterocycles. The van der Waals surface area contributed by atoms with Crippen LogP contribution in [-0.2, 0) is 11.2 Å². The van der Waals surface area contributed by atoms with Gasteiger partial charge in [0, 0.05) is 30.1 Å². The minimum atomic E-state index is -0.525. The first-order chi connectivity index (χ1) is 10.6. The van der Waals surface area contributed by atoms with Gasteiger partial charge in [0.1, 0.15) is 5.01 Å². The van der Waals surface area contributed by atoms with Crippen LogP contribution in [0.1, 0.15) is 12.1 Å². The summed E-state index contributed by atoms with van der Waals surface area (Å²) in [6.45, 7) is 0.869. The van der Waals surface area contributed by atoms with Gasteiger partial charge in [-0.3, -0.25) is 4.79 Å². The van der Waals surface area contributed by atoms with E-state index in [4.69, 9.17) is 5.73 Å². The smallest absolute Gasteiger partial charge is 0.228 e. The Labute approximate surface area is 145 Å². The van der Waals surface area contributed by atoms with Gasteiger partial charge in [-0.2, -0.15) is 0 Å². The second-order valence-electron chi connectivity index (χ2n) is 5.64. The monoisotopic (exact) mass is 353 g/mol. The summed E-state index contributed by atoms with van der Waals surface area (Å²) >= 11 is 1.54. The minimum absolute atomic E-state index is 0. The van der Waals surface area contributed by atoms with Crippen LogP contribution in [0.4, 0.5) is 0 Å². The van der Waals surface area contributed by atoms with Crippen LogP contribution < -0.4 is 5.73 Å². The minimum Gasteiger partial charge on any atom is -0.391 e. The van der Waals surface area contributed by atoms with E-state index in [1.165, 1.54) is 11.3 Å². The Morgan fingerprint density at radius 2 is 2.09 bits per heavy atom. The lowest BCUT2D eigenvalue weighted by Gasteiger charge is -2.33. The number of rotatable bonds is 3. The molecule has 0 spiro atoms. The third-order valence-corrected chi connectivity index (χ3v) is 4.66. The zero-order chi connectivity index (χ0) is 15.5. The molecule has 1 saturated heterocycles. The fourth-order valence-corrected chi connectivity index (χ4v) is 3.51. The van der Waals surface area contributed by atoms with E-state index in [0.717, 1.165) is 16.3 Å². The van der Waals surface area contributed by atoms with Crippen LogP contribution in [0.25, 0.3) is 10.6 Å². The molecule has 0 bridgehead atoms. The highest BCUT2D eigenvalue weighted by Gasteiger charge is 2.27. The first-order valence-electron chi connectivity index (χ1n) is 7.33. The summed E-state index contributed by atoms with van der Waals surface area (Å²) < 4.78 is 0. The number of nitrogens with zero attached hydrogens (tertiary/aromatic N) is 2. The molecule has 5 nitrogen and oxygen atoms in total. The first-order valence-corrected chi connectivity index (χ1v) is 8.21. The maximum Gasteiger partial charge on any atom is 0.228 e. The van der Waals surface area contributed by atoms with Crippen molar-refractivity contribution in [2.75, 3.05) is 13.1 Å². The van der Waals surface area contributed by atoms with Gasteiger partial charge in [-0.05, 0) is 6.42 Å². The molecule has 0 radical (unpaired) electrons. The number of aliphatic hydroxyl groups is 1. The van der Waals surface area contributed by atoms with Crippen molar-refractivity contribution < 1.29 is 9.90 Å². The summed E-state index contributed by atoms with van der Waals surface area (Å²) in [7, 11) is 0. The number of aliphatic hydroxyl groups excluding tert-OH is 1. The van der Waals surface area contributed by atoms with Crippen LogP contribution in [-0.4, -0.2) is 46.1 Å². The van der Waals surface area contributed by atoms with E-state index in [2.05, 4.69) is 4.98 Å². The number of hydrogen-bond donors (Lipinski definition) is 2. The van der Waals surface area contributed by atoms with Crippen molar-refractivity contribution in [3.05, 3.63) is 41.4 Å². The normalized spacial score (nSPS) is 20.9. The quantitative estimate of drug-likeness (QED) is 0.880. The maximum atomic E-state index is 12.3. The number of hydrogen-bond acceptors (Lipinski definition) is 5. The molecule has 2 atom stereocenters. The number of nitrogens with two attached hydrogens (primary N) is 1. The molecule has 1 aliphatic rings. The standard InChI is InChI=1S/C16H19N3O2S.ClH/c17-12-6-14(20)9-19(8-12)15(21)7-13-10-22-16(18-13)11-4-2-1-3-5-11;/h1-5,10,12,14,20H,6-9,17H2;1H/t12-,14+;/m0./s1. The van der Waals surface area contributed by atoms with Gasteiger partial charge in [-0.15, -0.1) is 23.7 Å². The molecule has 1 aromatic carbocycles. The molecule has 2 heterocycles. The van der Waals surface area contributed by atoms with E-state index in [0.29, 0.717) is 19.5 Å². The number of likely N-dealkylation sites (tertiary alicyclic amines) is 1. The van der Waals surface area contributed by atoms with Crippen molar-refractivity contribution in [2.24, 2.45) is 5.73 Å². The van der Waals surface area contributed by atoms with Crippen LogP contribution in [0.2, 0.25) is 0 Å². The van der Waals surface area contributed by atoms with E-state index < -0.39 is 6.10 Å². The van der Waals surface area contributed by atoms with Crippen molar-refractivity contribution in [2.45, 2.75) is 25.0 Å². The third-order valence-electron chi connectivity index (χ3n) is 3.72. The van der Waals surface area contributed by atoms with E-state index >= 15 is 0 Å². The van der Waals surface area contributed by atoms with Crippen LogP contribution in [0, 0.1) is 0 Å². The van der Waals surface area contributed by atoms with Crippen LogP contribution in [0.5, 0.6) is 0 Å². The Morgan fingerprint density at radius 1 is 1.35 bits per heavy atom. The first kappa shape index (κ1) is 17.9. The fourth-order valence-electron chi connectivity index (χ4n) is 2.68. The molecular weight excluding hydrogens is 334 g/mol. The Kier molecular flexibility index (Phi) is 6.12. The van der Waals surface area contributed by atoms with Crippen molar-refractivity contribution in [3.8, 4) is 10.6 Å². The lowest BCUT2D eigenvalue weighted by molar-refractivity contribution is -0.134. The number of amides is 1. The number of β-amino-alcohol motifs (C(OH)–C–C–N with tert-alkyl or cyclic N) is 1. The highest BCUT2D eigenvalue weighted by Crippen LogP contribution is 2.23. The zero-order valence-corrected chi connectivity index (χ0v) is 14.2. The number of thiazole rings is 1. The van der Waals surface area contributed by atoms with E-state index in [-0.39, 0.29) is 30.8 Å². The average Bonchev–Trinajstić information content (AvgIpc) is 2.95. The van der Waals surface area contributed by atoms with Crippen molar-refractivity contribution >= 4 is 29.7 Å². The molecule has 2 aromatic rings. The summed E-state index contributed by atoms with van der Waals surface area (Å²) in [4.78, 5) is 18.5. The molecule has 23 heavy (non-hydrogen) atoms. The summed E-state index contributed by atoms with van der Waals surface area (Å²) in [6, 6.07) is 9.76. The summed E-state index contributed by atoms with van der Waals surface area (Å²) in [5, 5.41) is 12.6. The van der Waals surface area contributed by atoms with Gasteiger partial charge in [0.05, 0.1) is 18.2 Å².